The third kappa shape index (κ3) is 6.16. The topological polar surface area (TPSA) is 94.3 Å². The average molecular weight is 516 g/mol. The summed E-state index contributed by atoms with van der Waals surface area (Å²) in [6, 6.07) is 13.4. The van der Waals surface area contributed by atoms with Gasteiger partial charge in [0.05, 0.1) is 0 Å². The minimum atomic E-state index is -4.66. The van der Waals surface area contributed by atoms with E-state index in [2.05, 4.69) is 10.6 Å². The molecule has 1 fully saturated rings. The number of hydrogen-bond acceptors (Lipinski definition) is 3. The number of alkyl halides is 3. The summed E-state index contributed by atoms with van der Waals surface area (Å²) in [7, 11) is 0. The highest BCUT2D eigenvalue weighted by atomic mass is 19.4. The number of para-hydroxylation sites is 1. The number of halogens is 4. The van der Waals surface area contributed by atoms with Gasteiger partial charge in [0.1, 0.15) is 23.2 Å². The predicted octanol–water partition coefficient (Wildman–Crippen LogP) is 4.10. The van der Waals surface area contributed by atoms with Crippen molar-refractivity contribution in [3.63, 3.8) is 0 Å². The van der Waals surface area contributed by atoms with Crippen LogP contribution in [0.1, 0.15) is 39.6 Å². The summed E-state index contributed by atoms with van der Waals surface area (Å²) in [5.41, 5.74) is 0.501. The van der Waals surface area contributed by atoms with Gasteiger partial charge in [0.15, 0.2) is 0 Å². The Morgan fingerprint density at radius 1 is 1.11 bits per heavy atom. The average Bonchev–Trinajstić information content (AvgIpc) is 3.54. The molecule has 0 saturated carbocycles. The molecule has 1 aromatic heterocycles. The summed E-state index contributed by atoms with van der Waals surface area (Å²) in [6.45, 7) is 0.682. The van der Waals surface area contributed by atoms with E-state index in [0.29, 0.717) is 37.2 Å². The molecule has 0 spiro atoms. The molecule has 3 amide bonds. The maximum atomic E-state index is 13.8. The van der Waals surface area contributed by atoms with Crippen molar-refractivity contribution >= 4 is 23.9 Å². The first kappa shape index (κ1) is 25.9. The molecule has 2 unspecified atom stereocenters. The fourth-order valence-electron chi connectivity index (χ4n) is 4.51. The van der Waals surface area contributed by atoms with Gasteiger partial charge in [-0.3, -0.25) is 14.4 Å². The van der Waals surface area contributed by atoms with Crippen LogP contribution in [0.25, 0.3) is 0 Å². The third-order valence-corrected chi connectivity index (χ3v) is 6.28. The molecule has 2 heterocycles. The molecule has 3 aromatic rings. The van der Waals surface area contributed by atoms with Crippen LogP contribution in [-0.2, 0) is 22.2 Å². The summed E-state index contributed by atoms with van der Waals surface area (Å²) < 4.78 is 52.6. The van der Waals surface area contributed by atoms with Gasteiger partial charge in [-0.1, -0.05) is 30.3 Å². The monoisotopic (exact) mass is 516 g/mol. The highest BCUT2D eigenvalue weighted by molar-refractivity contribution is 5.96. The lowest BCUT2D eigenvalue weighted by atomic mass is 9.96. The van der Waals surface area contributed by atoms with Crippen LogP contribution in [0.3, 0.4) is 0 Å². The standard InChI is InChI=1S/C26H24F4N4O3/c27-18-5-3-4-16(12-18)13-22(33-24(36)21-8-9-23(32-21)26(28,29)30)25(37)34-11-10-17(14-34)19-6-1-2-7-20(19)31-15-35/h1-9,12,15,17,22,32H,10-11,13-14H2,(H,31,35)(H,33,36). The second-order valence-corrected chi connectivity index (χ2v) is 8.76. The minimum absolute atomic E-state index is 0.0559. The van der Waals surface area contributed by atoms with E-state index < -0.39 is 35.5 Å². The SMILES string of the molecule is O=CNc1ccccc1C1CCN(C(=O)C(Cc2cccc(F)c2)NC(=O)c2ccc(C(F)(F)F)[nH]2)C1. The van der Waals surface area contributed by atoms with Crippen LogP contribution in [0.4, 0.5) is 23.2 Å². The van der Waals surface area contributed by atoms with Crippen molar-refractivity contribution in [1.29, 1.82) is 0 Å². The number of H-pyrrole nitrogens is 1. The number of carbonyl (C=O) groups is 3. The molecular weight excluding hydrogens is 492 g/mol. The van der Waals surface area contributed by atoms with E-state index in [9.17, 15) is 31.9 Å². The van der Waals surface area contributed by atoms with Crippen LogP contribution >= 0.6 is 0 Å². The molecule has 194 valence electrons. The minimum Gasteiger partial charge on any atom is -0.347 e. The second kappa shape index (κ2) is 10.9. The van der Waals surface area contributed by atoms with Gasteiger partial charge in [-0.15, -0.1) is 0 Å². The molecule has 0 aliphatic carbocycles. The molecule has 1 aliphatic rings. The number of hydrogen-bond donors (Lipinski definition) is 3. The Labute approximate surface area is 209 Å². The highest BCUT2D eigenvalue weighted by Gasteiger charge is 2.35. The summed E-state index contributed by atoms with van der Waals surface area (Å²) in [6.07, 6.45) is -3.53. The lowest BCUT2D eigenvalue weighted by Crippen LogP contribution is -2.49. The number of rotatable bonds is 8. The fraction of sp³-hybridized carbons (Fsp3) is 0.269. The van der Waals surface area contributed by atoms with E-state index in [0.717, 1.165) is 17.7 Å². The third-order valence-electron chi connectivity index (χ3n) is 6.28. The van der Waals surface area contributed by atoms with E-state index in [1.165, 1.54) is 18.2 Å². The van der Waals surface area contributed by atoms with Crippen LogP contribution in [0.5, 0.6) is 0 Å². The van der Waals surface area contributed by atoms with Crippen molar-refractivity contribution in [3.05, 3.63) is 89.0 Å². The maximum absolute atomic E-state index is 13.8. The van der Waals surface area contributed by atoms with E-state index in [4.69, 9.17) is 0 Å². The number of carbonyl (C=O) groups excluding carboxylic acids is 3. The van der Waals surface area contributed by atoms with Crippen LogP contribution in [-0.4, -0.2) is 47.2 Å². The maximum Gasteiger partial charge on any atom is 0.431 e. The Hall–Kier alpha value is -4.15. The zero-order chi connectivity index (χ0) is 26.6. The van der Waals surface area contributed by atoms with Gasteiger partial charge in [-0.25, -0.2) is 4.39 Å². The Kier molecular flexibility index (Phi) is 7.61. The number of nitrogens with zero attached hydrogens (tertiary/aromatic N) is 1. The Bertz CT molecular complexity index is 1290. The summed E-state index contributed by atoms with van der Waals surface area (Å²) in [4.78, 5) is 40.8. The van der Waals surface area contributed by atoms with Crippen molar-refractivity contribution < 1.29 is 31.9 Å². The fourth-order valence-corrected chi connectivity index (χ4v) is 4.51. The first-order valence-corrected chi connectivity index (χ1v) is 11.5. The largest absolute Gasteiger partial charge is 0.431 e. The molecule has 1 saturated heterocycles. The van der Waals surface area contributed by atoms with Crippen molar-refractivity contribution in [1.82, 2.24) is 15.2 Å². The quantitative estimate of drug-likeness (QED) is 0.311. The molecule has 2 atom stereocenters. The van der Waals surface area contributed by atoms with E-state index >= 15 is 0 Å². The first-order chi connectivity index (χ1) is 17.7. The summed E-state index contributed by atoms with van der Waals surface area (Å²) >= 11 is 0. The molecule has 2 aromatic carbocycles. The number of anilines is 1. The van der Waals surface area contributed by atoms with Crippen molar-refractivity contribution in [2.24, 2.45) is 0 Å². The lowest BCUT2D eigenvalue weighted by Gasteiger charge is -2.25. The van der Waals surface area contributed by atoms with Gasteiger partial charge in [0.25, 0.3) is 5.91 Å². The first-order valence-electron chi connectivity index (χ1n) is 11.5. The molecule has 1 aliphatic heterocycles. The van der Waals surface area contributed by atoms with Crippen molar-refractivity contribution in [2.75, 3.05) is 18.4 Å². The van der Waals surface area contributed by atoms with Crippen molar-refractivity contribution in [3.8, 4) is 0 Å². The Morgan fingerprint density at radius 3 is 2.59 bits per heavy atom. The van der Waals surface area contributed by atoms with Gasteiger partial charge in [0, 0.05) is 31.1 Å². The zero-order valence-electron chi connectivity index (χ0n) is 19.5. The van der Waals surface area contributed by atoms with Gasteiger partial charge >= 0.3 is 6.18 Å². The summed E-state index contributed by atoms with van der Waals surface area (Å²) in [5, 5.41) is 5.17. The Morgan fingerprint density at radius 2 is 1.89 bits per heavy atom. The zero-order valence-corrected chi connectivity index (χ0v) is 19.5. The second-order valence-electron chi connectivity index (χ2n) is 8.76. The number of nitrogens with one attached hydrogen (secondary N) is 3. The van der Waals surface area contributed by atoms with E-state index in [1.54, 1.807) is 23.1 Å². The van der Waals surface area contributed by atoms with Gasteiger partial charge in [0.2, 0.25) is 12.3 Å². The Balaban J connectivity index is 1.54. The van der Waals surface area contributed by atoms with E-state index in [1.807, 2.05) is 17.1 Å². The number of benzene rings is 2. The van der Waals surface area contributed by atoms with Crippen LogP contribution in [0, 0.1) is 5.82 Å². The predicted molar refractivity (Wildman–Crippen MR) is 127 cm³/mol. The number of aromatic amines is 1. The smallest absolute Gasteiger partial charge is 0.347 e. The molecule has 0 bridgehead atoms. The molecule has 4 rings (SSSR count). The summed E-state index contributed by atoms with van der Waals surface area (Å²) in [5.74, 6) is -1.92. The van der Waals surface area contributed by atoms with Crippen LogP contribution < -0.4 is 10.6 Å². The molecule has 3 N–H and O–H groups in total. The van der Waals surface area contributed by atoms with Crippen LogP contribution in [0.2, 0.25) is 0 Å². The number of likely N-dealkylation sites (tertiary alicyclic amines) is 1. The van der Waals surface area contributed by atoms with Gasteiger partial charge in [-0.2, -0.15) is 13.2 Å². The lowest BCUT2D eigenvalue weighted by molar-refractivity contribution is -0.140. The number of amides is 3. The number of aromatic nitrogens is 1. The normalized spacial score (nSPS) is 16.3. The van der Waals surface area contributed by atoms with Crippen LogP contribution in [0.15, 0.2) is 60.7 Å². The molecule has 37 heavy (non-hydrogen) atoms. The molecular formula is C26H24F4N4O3. The van der Waals surface area contributed by atoms with E-state index in [-0.39, 0.29) is 18.0 Å². The molecule has 11 heteroatoms. The molecule has 0 radical (unpaired) electrons. The van der Waals surface area contributed by atoms with Gasteiger partial charge in [-0.05, 0) is 47.9 Å². The highest BCUT2D eigenvalue weighted by Crippen LogP contribution is 2.32. The van der Waals surface area contributed by atoms with Crippen molar-refractivity contribution in [2.45, 2.75) is 31.0 Å². The van der Waals surface area contributed by atoms with Gasteiger partial charge < -0.3 is 20.5 Å². The molecule has 7 nitrogen and oxygen atoms in total.